The average molecular weight is 1100 g/mol. The first-order valence-electron chi connectivity index (χ1n) is 32.0. The first-order chi connectivity index (χ1) is 38.6. The number of carbonyl (C=O) groups excluding carboxylic acids is 3. The molecular formula is C70H119NO8. The van der Waals surface area contributed by atoms with Gasteiger partial charge in [-0.2, -0.15) is 0 Å². The number of carboxylic acids is 1. The molecule has 0 aliphatic rings. The van der Waals surface area contributed by atoms with Crippen molar-refractivity contribution in [2.75, 3.05) is 47.5 Å². The summed E-state index contributed by atoms with van der Waals surface area (Å²) in [5, 5.41) is 11.8. The minimum absolute atomic E-state index is 0.144. The fourth-order valence-electron chi connectivity index (χ4n) is 8.61. The van der Waals surface area contributed by atoms with Crippen molar-refractivity contribution in [3.05, 3.63) is 109 Å². The zero-order chi connectivity index (χ0) is 57.6. The van der Waals surface area contributed by atoms with Gasteiger partial charge in [0.25, 0.3) is 0 Å². The molecule has 0 bridgehead atoms. The van der Waals surface area contributed by atoms with E-state index in [9.17, 15) is 19.5 Å². The summed E-state index contributed by atoms with van der Waals surface area (Å²) in [6.45, 7) is 4.61. The quantitative estimate of drug-likeness (QED) is 0.0195. The van der Waals surface area contributed by atoms with Crippen molar-refractivity contribution in [3.63, 3.8) is 0 Å². The summed E-state index contributed by atoms with van der Waals surface area (Å²) in [5.41, 5.74) is 0. The molecule has 0 aromatic heterocycles. The van der Waals surface area contributed by atoms with Crippen molar-refractivity contribution in [2.45, 2.75) is 270 Å². The number of esters is 2. The van der Waals surface area contributed by atoms with Gasteiger partial charge in [0.15, 0.2) is 12.4 Å². The lowest BCUT2D eigenvalue weighted by Crippen LogP contribution is -2.44. The van der Waals surface area contributed by atoms with Crippen molar-refractivity contribution in [1.82, 2.24) is 0 Å². The maximum absolute atomic E-state index is 12.9. The van der Waals surface area contributed by atoms with E-state index in [0.29, 0.717) is 17.4 Å². The number of likely N-dealkylation sites (N-methyl/N-ethyl adjacent to an activating group) is 1. The molecule has 452 valence electrons. The van der Waals surface area contributed by atoms with Crippen LogP contribution in [0.3, 0.4) is 0 Å². The number of nitrogens with zero attached hydrogens (tertiary/aromatic N) is 1. The number of hydrogen-bond acceptors (Lipinski definition) is 8. The Balaban J connectivity index is 4.03. The van der Waals surface area contributed by atoms with Crippen LogP contribution in [0.5, 0.6) is 0 Å². The monoisotopic (exact) mass is 1100 g/mol. The van der Waals surface area contributed by atoms with E-state index in [2.05, 4.69) is 123 Å². The standard InChI is InChI=1S/C70H119NO8/c1-6-8-10-12-14-16-18-20-21-22-23-24-25-26-27-28-29-30-31-32-33-34-35-36-37-38-39-40-41-42-43-44-45-46-47-49-51-53-55-57-59-61-68(73)79-66(65-78-70(69(74)75)76-63-62-71(3,4)5)64-77-67(72)60-58-56-54-52-50-48-19-17-15-13-11-9-7-2/h8,10,14,16-17,19-21,23-24,26-27,29-30,32-33,35-36,66,70H,6-7,9,11-13,15,18,22,25,28,31,34,37-65H2,1-5H3/b10-8-,16-14-,19-17-,21-20-,24-23-,27-26-,30-29-,33-32-,36-35-. The van der Waals surface area contributed by atoms with Gasteiger partial charge in [-0.25, -0.2) is 0 Å². The number of quaternary nitrogens is 1. The van der Waals surface area contributed by atoms with Crippen LogP contribution in [0.25, 0.3) is 0 Å². The number of allylic oxidation sites excluding steroid dienone is 18. The molecule has 0 saturated carbocycles. The van der Waals surface area contributed by atoms with E-state index in [1.165, 1.54) is 116 Å². The van der Waals surface area contributed by atoms with Gasteiger partial charge in [-0.3, -0.25) is 9.59 Å². The summed E-state index contributed by atoms with van der Waals surface area (Å²) in [6.07, 6.45) is 80.2. The van der Waals surface area contributed by atoms with Crippen molar-refractivity contribution in [1.29, 1.82) is 0 Å². The summed E-state index contributed by atoms with van der Waals surface area (Å²) in [6, 6.07) is 0. The van der Waals surface area contributed by atoms with Crippen molar-refractivity contribution in [2.24, 2.45) is 0 Å². The van der Waals surface area contributed by atoms with Gasteiger partial charge in [-0.1, -0.05) is 252 Å². The van der Waals surface area contributed by atoms with E-state index in [1.807, 2.05) is 21.1 Å². The predicted octanol–water partition coefficient (Wildman–Crippen LogP) is 18.1. The van der Waals surface area contributed by atoms with E-state index in [0.717, 1.165) is 109 Å². The minimum atomic E-state index is -1.63. The van der Waals surface area contributed by atoms with Crippen LogP contribution in [0.2, 0.25) is 0 Å². The lowest BCUT2D eigenvalue weighted by Gasteiger charge is -2.26. The molecule has 0 radical (unpaired) electrons. The summed E-state index contributed by atoms with van der Waals surface area (Å²) in [7, 11) is 5.92. The van der Waals surface area contributed by atoms with Crippen molar-refractivity contribution < 1.29 is 42.9 Å². The Labute approximate surface area is 485 Å². The van der Waals surface area contributed by atoms with E-state index >= 15 is 0 Å². The molecule has 0 fully saturated rings. The number of rotatable bonds is 58. The molecule has 0 aliphatic heterocycles. The Morgan fingerprint density at radius 3 is 1.09 bits per heavy atom. The second-order valence-electron chi connectivity index (χ2n) is 22.3. The molecule has 0 aromatic carbocycles. The van der Waals surface area contributed by atoms with Gasteiger partial charge >= 0.3 is 11.9 Å². The second kappa shape index (κ2) is 60.1. The molecule has 2 unspecified atom stereocenters. The minimum Gasteiger partial charge on any atom is -0.545 e. The fourth-order valence-corrected chi connectivity index (χ4v) is 8.61. The molecule has 0 heterocycles. The third kappa shape index (κ3) is 61.4. The van der Waals surface area contributed by atoms with Gasteiger partial charge < -0.3 is 33.3 Å². The number of hydrogen-bond donors (Lipinski definition) is 0. The lowest BCUT2D eigenvalue weighted by atomic mass is 10.0. The first-order valence-corrected chi connectivity index (χ1v) is 32.0. The molecule has 0 amide bonds. The Morgan fingerprint density at radius 1 is 0.392 bits per heavy atom. The smallest absolute Gasteiger partial charge is 0.306 e. The summed E-state index contributed by atoms with van der Waals surface area (Å²) < 4.78 is 22.7. The van der Waals surface area contributed by atoms with E-state index in [1.54, 1.807) is 0 Å². The normalized spacial score (nSPS) is 13.5. The molecule has 9 nitrogen and oxygen atoms in total. The summed E-state index contributed by atoms with van der Waals surface area (Å²) in [5.74, 6) is -2.29. The number of carboxylic acid groups (broad SMARTS) is 1. The van der Waals surface area contributed by atoms with E-state index in [4.69, 9.17) is 18.9 Å². The van der Waals surface area contributed by atoms with Gasteiger partial charge in [-0.15, -0.1) is 0 Å². The fraction of sp³-hybridized carbons (Fsp3) is 0.700. The number of unbranched alkanes of at least 4 members (excludes halogenated alkanes) is 25. The molecule has 2 atom stereocenters. The topological polar surface area (TPSA) is 111 Å². The van der Waals surface area contributed by atoms with Crippen molar-refractivity contribution >= 4 is 17.9 Å². The predicted molar refractivity (Wildman–Crippen MR) is 333 cm³/mol. The van der Waals surface area contributed by atoms with Crippen LogP contribution >= 0.6 is 0 Å². The van der Waals surface area contributed by atoms with E-state index < -0.39 is 24.3 Å². The van der Waals surface area contributed by atoms with Crippen LogP contribution in [0.1, 0.15) is 258 Å². The first kappa shape index (κ1) is 75.0. The van der Waals surface area contributed by atoms with Crippen LogP contribution in [0.15, 0.2) is 109 Å². The Morgan fingerprint density at radius 2 is 0.722 bits per heavy atom. The highest BCUT2D eigenvalue weighted by Gasteiger charge is 2.22. The molecular weight excluding hydrogens is 983 g/mol. The lowest BCUT2D eigenvalue weighted by molar-refractivity contribution is -0.870. The van der Waals surface area contributed by atoms with Crippen LogP contribution in [0.4, 0.5) is 0 Å². The van der Waals surface area contributed by atoms with Crippen LogP contribution in [0, 0.1) is 0 Å². The van der Waals surface area contributed by atoms with E-state index in [-0.39, 0.29) is 38.6 Å². The van der Waals surface area contributed by atoms with Gasteiger partial charge in [0.05, 0.1) is 40.3 Å². The molecule has 9 heteroatoms. The number of ether oxygens (including phenoxy) is 4. The molecule has 0 aliphatic carbocycles. The number of aliphatic carboxylic acids is 1. The Bertz CT molecular complexity index is 1660. The highest BCUT2D eigenvalue weighted by Crippen LogP contribution is 2.16. The molecule has 0 aromatic rings. The maximum atomic E-state index is 12.9. The third-order valence-corrected chi connectivity index (χ3v) is 13.5. The SMILES string of the molecule is CC/C=C\C/C=C\C/C=C\C/C=C\C/C=C\C/C=C\C/C=C\C/C=C\CCCCCCCCCCCCCCCCCCC(=O)OC(COC(=O)CCCCCCC/C=C\CCCCCC)COC(OCC[N+](C)(C)C)C(=O)[O-]. The molecule has 79 heavy (non-hydrogen) atoms. The molecule has 0 spiro atoms. The van der Waals surface area contributed by atoms with Gasteiger partial charge in [0, 0.05) is 12.8 Å². The van der Waals surface area contributed by atoms with Crippen LogP contribution < -0.4 is 5.11 Å². The molecule has 0 saturated heterocycles. The second-order valence-corrected chi connectivity index (χ2v) is 22.3. The van der Waals surface area contributed by atoms with Crippen LogP contribution in [-0.4, -0.2) is 82.3 Å². The number of carbonyl (C=O) groups is 3. The Kier molecular flexibility index (Phi) is 57.0. The summed E-state index contributed by atoms with van der Waals surface area (Å²) in [4.78, 5) is 37.2. The van der Waals surface area contributed by atoms with Gasteiger partial charge in [-0.05, 0) is 103 Å². The average Bonchev–Trinajstić information content (AvgIpc) is 3.42. The highest BCUT2D eigenvalue weighted by molar-refractivity contribution is 5.70. The zero-order valence-electron chi connectivity index (χ0n) is 51.5. The third-order valence-electron chi connectivity index (χ3n) is 13.5. The molecule has 0 rings (SSSR count). The zero-order valence-corrected chi connectivity index (χ0v) is 51.5. The largest absolute Gasteiger partial charge is 0.545 e. The van der Waals surface area contributed by atoms with Crippen LogP contribution in [-0.2, 0) is 33.3 Å². The highest BCUT2D eigenvalue weighted by atomic mass is 16.7. The van der Waals surface area contributed by atoms with Gasteiger partial charge in [0.1, 0.15) is 13.2 Å². The Hall–Kier alpha value is -4.05. The van der Waals surface area contributed by atoms with Crippen molar-refractivity contribution in [3.8, 4) is 0 Å². The maximum Gasteiger partial charge on any atom is 0.306 e. The molecule has 0 N–H and O–H groups in total. The van der Waals surface area contributed by atoms with Gasteiger partial charge in [0.2, 0.25) is 0 Å². The summed E-state index contributed by atoms with van der Waals surface area (Å²) >= 11 is 0.